The van der Waals surface area contributed by atoms with Gasteiger partial charge in [0.1, 0.15) is 5.69 Å². The number of fused-ring (bicyclic) bond motifs is 1. The summed E-state index contributed by atoms with van der Waals surface area (Å²) in [6.07, 6.45) is 5.18. The van der Waals surface area contributed by atoms with Crippen molar-refractivity contribution < 1.29 is 9.72 Å². The first kappa shape index (κ1) is 19.6. The minimum absolute atomic E-state index is 0.00182. The zero-order valence-corrected chi connectivity index (χ0v) is 17.1. The number of carbonyl (C=O) groups is 1. The highest BCUT2D eigenvalue weighted by Gasteiger charge is 2.23. The minimum Gasteiger partial charge on any atom is -0.289 e. The van der Waals surface area contributed by atoms with Gasteiger partial charge in [0, 0.05) is 40.6 Å². The van der Waals surface area contributed by atoms with E-state index in [1.165, 1.54) is 12.1 Å². The lowest BCUT2D eigenvalue weighted by Crippen LogP contribution is -2.13. The fourth-order valence-corrected chi connectivity index (χ4v) is 4.04. The van der Waals surface area contributed by atoms with E-state index >= 15 is 0 Å². The summed E-state index contributed by atoms with van der Waals surface area (Å²) in [5.74, 6) is 0.0179. The Bertz CT molecular complexity index is 1370. The molecule has 1 aliphatic rings. The number of rotatable bonds is 4. The fraction of sp³-hybridized carbons (Fsp3) is 0.0769. The van der Waals surface area contributed by atoms with Gasteiger partial charge in [-0.3, -0.25) is 14.9 Å². The van der Waals surface area contributed by atoms with E-state index in [2.05, 4.69) is 0 Å². The Balaban J connectivity index is 1.64. The first-order valence-corrected chi connectivity index (χ1v) is 10.3. The lowest BCUT2D eigenvalue weighted by Gasteiger charge is -2.17. The second-order valence-corrected chi connectivity index (χ2v) is 7.68. The van der Waals surface area contributed by atoms with Gasteiger partial charge in [-0.15, -0.1) is 0 Å². The number of hydrogen-bond acceptors (Lipinski definition) is 4. The molecule has 0 amide bonds. The lowest BCUT2D eigenvalue weighted by atomic mass is 9.86. The highest BCUT2D eigenvalue weighted by Crippen LogP contribution is 2.31. The van der Waals surface area contributed by atoms with Crippen LogP contribution in [0.2, 0.25) is 0 Å². The molecule has 0 radical (unpaired) electrons. The van der Waals surface area contributed by atoms with Crippen LogP contribution in [-0.2, 0) is 6.42 Å². The molecule has 0 saturated carbocycles. The van der Waals surface area contributed by atoms with Gasteiger partial charge in [0.25, 0.3) is 5.69 Å². The van der Waals surface area contributed by atoms with Crippen molar-refractivity contribution in [1.82, 2.24) is 9.78 Å². The number of aromatic nitrogens is 2. The van der Waals surface area contributed by atoms with Crippen LogP contribution in [0.3, 0.4) is 0 Å². The Hall–Kier alpha value is -4.32. The standard InChI is InChI=1S/C26H19N3O3/c30-26-20(14-13-18-7-4-5-12-24(18)26)15-21-17-28(22-9-2-1-3-10-22)27-25(21)19-8-6-11-23(16-19)29(31)32/h1-12,15-17H,13-14H2/b20-15-. The molecule has 6 heteroatoms. The van der Waals surface area contributed by atoms with E-state index in [0.29, 0.717) is 23.3 Å². The highest BCUT2D eigenvalue weighted by molar-refractivity contribution is 6.13. The molecule has 4 aromatic rings. The Labute approximate surface area is 184 Å². The van der Waals surface area contributed by atoms with Gasteiger partial charge in [-0.25, -0.2) is 4.68 Å². The van der Waals surface area contributed by atoms with Gasteiger partial charge in [0.05, 0.1) is 10.6 Å². The maximum absolute atomic E-state index is 13.1. The number of aryl methyl sites for hydroxylation is 1. The maximum Gasteiger partial charge on any atom is 0.270 e. The minimum atomic E-state index is -0.419. The van der Waals surface area contributed by atoms with Crippen LogP contribution in [0.15, 0.2) is 90.6 Å². The third-order valence-electron chi connectivity index (χ3n) is 5.64. The number of allylic oxidation sites excluding steroid dienone is 1. The Morgan fingerprint density at radius 3 is 2.53 bits per heavy atom. The van der Waals surface area contributed by atoms with E-state index < -0.39 is 4.92 Å². The van der Waals surface area contributed by atoms with Crippen LogP contribution in [0.5, 0.6) is 0 Å². The third-order valence-corrected chi connectivity index (χ3v) is 5.64. The molecule has 6 nitrogen and oxygen atoms in total. The number of non-ortho nitro benzene ring substituents is 1. The molecule has 0 atom stereocenters. The monoisotopic (exact) mass is 421 g/mol. The molecule has 0 spiro atoms. The molecule has 1 aliphatic carbocycles. The van der Waals surface area contributed by atoms with Gasteiger partial charge in [-0.1, -0.05) is 54.6 Å². The van der Waals surface area contributed by atoms with Crippen molar-refractivity contribution >= 4 is 17.5 Å². The van der Waals surface area contributed by atoms with E-state index in [4.69, 9.17) is 5.10 Å². The first-order valence-electron chi connectivity index (χ1n) is 10.3. The number of hydrogen-bond donors (Lipinski definition) is 0. The molecule has 0 saturated heterocycles. The normalized spacial score (nSPS) is 14.4. The van der Waals surface area contributed by atoms with Gasteiger partial charge < -0.3 is 0 Å². The summed E-state index contributed by atoms with van der Waals surface area (Å²) in [4.78, 5) is 24.0. The van der Waals surface area contributed by atoms with E-state index in [-0.39, 0.29) is 11.5 Å². The molecule has 0 fully saturated rings. The zero-order chi connectivity index (χ0) is 22.1. The Kier molecular flexibility index (Phi) is 4.95. The molecule has 5 rings (SSSR count). The van der Waals surface area contributed by atoms with Crippen LogP contribution < -0.4 is 0 Å². The topological polar surface area (TPSA) is 78.0 Å². The first-order chi connectivity index (χ1) is 15.6. The Morgan fingerprint density at radius 2 is 1.72 bits per heavy atom. The summed E-state index contributed by atoms with van der Waals surface area (Å²) >= 11 is 0. The van der Waals surface area contributed by atoms with Crippen molar-refractivity contribution in [3.63, 3.8) is 0 Å². The molecule has 0 bridgehead atoms. The molecule has 156 valence electrons. The number of nitro groups is 1. The summed E-state index contributed by atoms with van der Waals surface area (Å²) in [7, 11) is 0. The molecule has 0 unspecified atom stereocenters. The molecule has 3 aromatic carbocycles. The molecule has 32 heavy (non-hydrogen) atoms. The molecular formula is C26H19N3O3. The SMILES string of the molecule is O=C1/C(=C\c2cn(-c3ccccc3)nc2-c2cccc([N+](=O)[O-])c2)CCc2ccccc21. The lowest BCUT2D eigenvalue weighted by molar-refractivity contribution is -0.384. The fourth-order valence-electron chi connectivity index (χ4n) is 4.04. The van der Waals surface area contributed by atoms with Gasteiger partial charge in [-0.05, 0) is 36.6 Å². The third kappa shape index (κ3) is 3.63. The number of nitro benzene ring substituents is 1. The van der Waals surface area contributed by atoms with Crippen LogP contribution in [-0.4, -0.2) is 20.5 Å². The number of Topliss-reactive ketones (excluding diaryl/α,β-unsaturated/α-hetero) is 1. The summed E-state index contributed by atoms with van der Waals surface area (Å²) in [6, 6.07) is 23.7. The van der Waals surface area contributed by atoms with E-state index in [0.717, 1.165) is 28.8 Å². The molecular weight excluding hydrogens is 402 g/mol. The second kappa shape index (κ2) is 8.07. The number of carbonyl (C=O) groups excluding carboxylic acids is 1. The van der Waals surface area contributed by atoms with Crippen LogP contribution in [0.4, 0.5) is 5.69 Å². The summed E-state index contributed by atoms with van der Waals surface area (Å²) < 4.78 is 1.74. The van der Waals surface area contributed by atoms with Gasteiger partial charge in [0.15, 0.2) is 5.78 Å². The largest absolute Gasteiger partial charge is 0.289 e. The van der Waals surface area contributed by atoms with Crippen LogP contribution in [0, 0.1) is 10.1 Å². The molecule has 1 aromatic heterocycles. The zero-order valence-electron chi connectivity index (χ0n) is 17.1. The van der Waals surface area contributed by atoms with Crippen molar-refractivity contribution in [2.75, 3.05) is 0 Å². The molecule has 0 aliphatic heterocycles. The molecule has 1 heterocycles. The van der Waals surface area contributed by atoms with Crippen LogP contribution in [0.25, 0.3) is 23.0 Å². The average molecular weight is 421 g/mol. The Morgan fingerprint density at radius 1 is 0.938 bits per heavy atom. The van der Waals surface area contributed by atoms with Crippen molar-refractivity contribution in [3.8, 4) is 16.9 Å². The predicted molar refractivity (Wildman–Crippen MR) is 123 cm³/mol. The average Bonchev–Trinajstić information content (AvgIpc) is 3.25. The van der Waals surface area contributed by atoms with Crippen molar-refractivity contribution in [3.05, 3.63) is 117 Å². The van der Waals surface area contributed by atoms with Crippen molar-refractivity contribution in [1.29, 1.82) is 0 Å². The number of para-hydroxylation sites is 1. The van der Waals surface area contributed by atoms with Crippen LogP contribution in [0.1, 0.15) is 27.9 Å². The van der Waals surface area contributed by atoms with Crippen molar-refractivity contribution in [2.24, 2.45) is 0 Å². The summed E-state index contributed by atoms with van der Waals surface area (Å²) in [6.45, 7) is 0. The van der Waals surface area contributed by atoms with E-state index in [9.17, 15) is 14.9 Å². The maximum atomic E-state index is 13.1. The van der Waals surface area contributed by atoms with Crippen LogP contribution >= 0.6 is 0 Å². The van der Waals surface area contributed by atoms with Crippen molar-refractivity contribution in [2.45, 2.75) is 12.8 Å². The van der Waals surface area contributed by atoms with E-state index in [1.54, 1.807) is 16.8 Å². The van der Waals surface area contributed by atoms with Gasteiger partial charge >= 0.3 is 0 Å². The van der Waals surface area contributed by atoms with Gasteiger partial charge in [0.2, 0.25) is 0 Å². The number of benzene rings is 3. The summed E-state index contributed by atoms with van der Waals surface area (Å²) in [5.41, 5.74) is 5.34. The van der Waals surface area contributed by atoms with E-state index in [1.807, 2.05) is 66.9 Å². The number of ketones is 1. The predicted octanol–water partition coefficient (Wildman–Crippen LogP) is 5.66. The second-order valence-electron chi connectivity index (χ2n) is 7.68. The quantitative estimate of drug-likeness (QED) is 0.242. The van der Waals surface area contributed by atoms with Gasteiger partial charge in [-0.2, -0.15) is 5.10 Å². The highest BCUT2D eigenvalue weighted by atomic mass is 16.6. The smallest absolute Gasteiger partial charge is 0.270 e. The molecule has 0 N–H and O–H groups in total. The summed E-state index contributed by atoms with van der Waals surface area (Å²) in [5, 5.41) is 16.0. The number of nitrogens with zero attached hydrogens (tertiary/aromatic N) is 3.